The summed E-state index contributed by atoms with van der Waals surface area (Å²) in [4.78, 5) is 15.1. The van der Waals surface area contributed by atoms with Crippen LogP contribution >= 0.6 is 0 Å². The van der Waals surface area contributed by atoms with Crippen molar-refractivity contribution in [2.24, 2.45) is 0 Å². The summed E-state index contributed by atoms with van der Waals surface area (Å²) in [7, 11) is 1.54. The Labute approximate surface area is 179 Å². The lowest BCUT2D eigenvalue weighted by molar-refractivity contribution is -0.173. The molecule has 2 aliphatic rings. The number of ether oxygens (including phenoxy) is 1. The second-order valence-electron chi connectivity index (χ2n) is 8.17. The Bertz CT molecular complexity index is 926. The Morgan fingerprint density at radius 3 is 2.65 bits per heavy atom. The Balaban J connectivity index is 1.69. The minimum Gasteiger partial charge on any atom is -0.497 e. The van der Waals surface area contributed by atoms with E-state index in [4.69, 9.17) is 4.74 Å². The van der Waals surface area contributed by atoms with Gasteiger partial charge in [-0.25, -0.2) is 4.68 Å². The van der Waals surface area contributed by atoms with Crippen LogP contribution in [0.2, 0.25) is 0 Å². The molecule has 0 bridgehead atoms. The highest BCUT2D eigenvalue weighted by molar-refractivity contribution is 5.99. The summed E-state index contributed by atoms with van der Waals surface area (Å²) in [5.74, 6) is 0.514. The predicted molar refractivity (Wildman–Crippen MR) is 110 cm³/mol. The Morgan fingerprint density at radius 2 is 2.00 bits per heavy atom. The van der Waals surface area contributed by atoms with Crippen LogP contribution in [0.1, 0.15) is 67.0 Å². The van der Waals surface area contributed by atoms with Gasteiger partial charge in [0.2, 0.25) is 0 Å². The molecule has 1 aromatic carbocycles. The molecule has 1 aromatic heterocycles. The molecule has 4 rings (SSSR count). The molecule has 0 radical (unpaired) electrons. The van der Waals surface area contributed by atoms with E-state index in [2.05, 4.69) is 10.4 Å². The zero-order valence-corrected chi connectivity index (χ0v) is 17.7. The van der Waals surface area contributed by atoms with Gasteiger partial charge < -0.3 is 15.0 Å². The molecular formula is C22H27F3N4O2. The van der Waals surface area contributed by atoms with E-state index in [9.17, 15) is 18.0 Å². The van der Waals surface area contributed by atoms with Gasteiger partial charge >= 0.3 is 6.18 Å². The van der Waals surface area contributed by atoms with Crippen LogP contribution in [0, 0.1) is 0 Å². The maximum atomic E-state index is 13.9. The smallest absolute Gasteiger partial charge is 0.410 e. The van der Waals surface area contributed by atoms with Crippen LogP contribution in [-0.2, 0) is 0 Å². The number of amides is 1. The van der Waals surface area contributed by atoms with E-state index in [1.165, 1.54) is 13.3 Å². The number of hydrogen-bond donors (Lipinski definition) is 1. The number of anilines is 1. The number of carbonyl (C=O) groups excluding carboxylic acids is 1. The third-order valence-electron chi connectivity index (χ3n) is 6.35. The number of alkyl halides is 3. The fourth-order valence-electron chi connectivity index (χ4n) is 4.62. The first-order valence-corrected chi connectivity index (χ1v) is 10.7. The van der Waals surface area contributed by atoms with E-state index in [0.29, 0.717) is 17.9 Å². The van der Waals surface area contributed by atoms with Crippen LogP contribution in [0.3, 0.4) is 0 Å². The highest BCUT2D eigenvalue weighted by Crippen LogP contribution is 2.44. The lowest BCUT2D eigenvalue weighted by Gasteiger charge is -2.37. The topological polar surface area (TPSA) is 59.4 Å². The van der Waals surface area contributed by atoms with Gasteiger partial charge in [-0.05, 0) is 43.4 Å². The van der Waals surface area contributed by atoms with Crippen molar-refractivity contribution in [3.05, 3.63) is 41.6 Å². The number of benzene rings is 1. The van der Waals surface area contributed by atoms with Crippen LogP contribution in [0.15, 0.2) is 30.5 Å². The van der Waals surface area contributed by atoms with Crippen molar-refractivity contribution in [2.75, 3.05) is 19.0 Å². The highest BCUT2D eigenvalue weighted by Gasteiger charge is 2.47. The standard InChI is InChI=1S/C22H27F3N4O2/c1-3-15-6-4-5-11-28(15)21(30)17-13-26-29-19(22(23,24)25)12-18(27-20(17)29)14-7-9-16(31-2)10-8-14/h7-10,13,15,18-19,27H,3-6,11-12H2,1-2H3/t15-,18-,19+/m0/s1. The number of nitrogens with zero attached hydrogens (tertiary/aromatic N) is 3. The molecule has 6 nitrogen and oxygen atoms in total. The van der Waals surface area contributed by atoms with Gasteiger partial charge in [-0.2, -0.15) is 18.3 Å². The van der Waals surface area contributed by atoms with Gasteiger partial charge in [-0.15, -0.1) is 0 Å². The third kappa shape index (κ3) is 4.09. The normalized spacial score (nSPS) is 23.8. The van der Waals surface area contributed by atoms with Crippen molar-refractivity contribution in [3.63, 3.8) is 0 Å². The number of hydrogen-bond acceptors (Lipinski definition) is 4. The Morgan fingerprint density at radius 1 is 1.26 bits per heavy atom. The molecule has 31 heavy (non-hydrogen) atoms. The summed E-state index contributed by atoms with van der Waals surface area (Å²) in [6, 6.07) is 4.63. The number of methoxy groups -OCH3 is 1. The number of likely N-dealkylation sites (tertiary alicyclic amines) is 1. The minimum atomic E-state index is -4.48. The van der Waals surface area contributed by atoms with Gasteiger partial charge in [0.25, 0.3) is 5.91 Å². The second kappa shape index (κ2) is 8.43. The van der Waals surface area contributed by atoms with E-state index in [0.717, 1.165) is 30.4 Å². The van der Waals surface area contributed by atoms with Gasteiger partial charge in [0.1, 0.15) is 17.1 Å². The summed E-state index contributed by atoms with van der Waals surface area (Å²) in [6.07, 6.45) is 0.285. The van der Waals surface area contributed by atoms with Crippen molar-refractivity contribution in [2.45, 2.75) is 63.3 Å². The molecule has 1 N–H and O–H groups in total. The summed E-state index contributed by atoms with van der Waals surface area (Å²) in [5.41, 5.74) is 0.901. The van der Waals surface area contributed by atoms with Crippen LogP contribution in [-0.4, -0.2) is 46.5 Å². The first-order chi connectivity index (χ1) is 14.8. The molecule has 0 spiro atoms. The predicted octanol–water partition coefficient (Wildman–Crippen LogP) is 4.96. The Hall–Kier alpha value is -2.71. The van der Waals surface area contributed by atoms with Gasteiger partial charge in [0.15, 0.2) is 6.04 Å². The van der Waals surface area contributed by atoms with Crippen molar-refractivity contribution in [1.82, 2.24) is 14.7 Å². The molecule has 168 valence electrons. The number of piperidine rings is 1. The van der Waals surface area contributed by atoms with Crippen molar-refractivity contribution in [3.8, 4) is 5.75 Å². The molecule has 9 heteroatoms. The van der Waals surface area contributed by atoms with Crippen LogP contribution < -0.4 is 10.1 Å². The fourth-order valence-corrected chi connectivity index (χ4v) is 4.62. The number of halogens is 3. The molecule has 3 heterocycles. The fraction of sp³-hybridized carbons (Fsp3) is 0.545. The highest BCUT2D eigenvalue weighted by atomic mass is 19.4. The molecular weight excluding hydrogens is 409 g/mol. The molecule has 1 amide bonds. The first-order valence-electron chi connectivity index (χ1n) is 10.7. The lowest BCUT2D eigenvalue weighted by Crippen LogP contribution is -2.44. The van der Waals surface area contributed by atoms with Gasteiger partial charge in [0.05, 0.1) is 19.3 Å². The van der Waals surface area contributed by atoms with Crippen molar-refractivity contribution >= 4 is 11.7 Å². The summed E-state index contributed by atoms with van der Waals surface area (Å²) < 4.78 is 47.8. The zero-order chi connectivity index (χ0) is 22.2. The van der Waals surface area contributed by atoms with Gasteiger partial charge in [-0.3, -0.25) is 4.79 Å². The number of fused-ring (bicyclic) bond motifs is 1. The van der Waals surface area contributed by atoms with Crippen LogP contribution in [0.5, 0.6) is 5.75 Å². The SMILES string of the molecule is CC[C@H]1CCCCN1C(=O)c1cnn2c1N[C@H](c1ccc(OC)cc1)C[C@@H]2C(F)(F)F. The summed E-state index contributed by atoms with van der Waals surface area (Å²) in [5, 5.41) is 7.16. The third-order valence-corrected chi connectivity index (χ3v) is 6.35. The lowest BCUT2D eigenvalue weighted by atomic mass is 9.96. The molecule has 0 saturated carbocycles. The molecule has 1 saturated heterocycles. The molecule has 0 unspecified atom stereocenters. The molecule has 0 aliphatic carbocycles. The van der Waals surface area contributed by atoms with Crippen molar-refractivity contribution in [1.29, 1.82) is 0 Å². The van der Waals surface area contributed by atoms with E-state index < -0.39 is 18.3 Å². The van der Waals surface area contributed by atoms with E-state index in [-0.39, 0.29) is 29.8 Å². The second-order valence-corrected chi connectivity index (χ2v) is 8.17. The number of aromatic nitrogens is 2. The Kier molecular flexibility index (Phi) is 5.85. The van der Waals surface area contributed by atoms with Gasteiger partial charge in [-0.1, -0.05) is 19.1 Å². The monoisotopic (exact) mass is 436 g/mol. The zero-order valence-electron chi connectivity index (χ0n) is 17.7. The first kappa shape index (κ1) is 21.5. The summed E-state index contributed by atoms with van der Waals surface area (Å²) in [6.45, 7) is 2.65. The van der Waals surface area contributed by atoms with Crippen molar-refractivity contribution < 1.29 is 22.7 Å². The summed E-state index contributed by atoms with van der Waals surface area (Å²) >= 11 is 0. The van der Waals surface area contributed by atoms with E-state index in [1.54, 1.807) is 29.2 Å². The average molecular weight is 436 g/mol. The maximum Gasteiger partial charge on any atom is 0.410 e. The molecule has 2 aliphatic heterocycles. The number of rotatable bonds is 4. The number of carbonyl (C=O) groups is 1. The molecule has 2 aromatic rings. The van der Waals surface area contributed by atoms with Gasteiger partial charge in [0, 0.05) is 19.0 Å². The largest absolute Gasteiger partial charge is 0.497 e. The van der Waals surface area contributed by atoms with E-state index >= 15 is 0 Å². The van der Waals surface area contributed by atoms with E-state index in [1.807, 2.05) is 6.92 Å². The molecule has 3 atom stereocenters. The quantitative estimate of drug-likeness (QED) is 0.736. The van der Waals surface area contributed by atoms with Crippen LogP contribution in [0.4, 0.5) is 19.0 Å². The maximum absolute atomic E-state index is 13.9. The molecule has 1 fully saturated rings. The number of nitrogens with one attached hydrogen (secondary N) is 1. The minimum absolute atomic E-state index is 0.108. The van der Waals surface area contributed by atoms with Crippen LogP contribution in [0.25, 0.3) is 0 Å². The average Bonchev–Trinajstić information content (AvgIpc) is 3.21.